The minimum Gasteiger partial charge on any atom is -0.368 e. The second-order valence-corrected chi connectivity index (χ2v) is 10.8. The zero-order chi connectivity index (χ0) is 25.0. The molecular weight excluding hydrogens is 450 g/mol. The molecule has 3 aromatic carbocycles. The highest BCUT2D eigenvalue weighted by Gasteiger charge is 2.24. The lowest BCUT2D eigenvalue weighted by molar-refractivity contribution is 0.103. The summed E-state index contributed by atoms with van der Waals surface area (Å²) in [4.78, 5) is 15.5. The summed E-state index contributed by atoms with van der Waals surface area (Å²) in [6, 6.07) is 24.6. The number of carbonyl (C=O) groups excluding carboxylic acids is 1. The van der Waals surface area contributed by atoms with E-state index in [4.69, 9.17) is 12.2 Å². The van der Waals surface area contributed by atoms with Crippen LogP contribution < -0.4 is 15.5 Å². The zero-order valence-corrected chi connectivity index (χ0v) is 21.9. The maximum Gasteiger partial charge on any atom is 0.193 e. The SMILES string of the molecule is C[C@H]1Cc2ccccc2N1CCCNC(=S)Nc1cccc(C(=O)c2ccc(C(C)(C)C)cc2)c1. The van der Waals surface area contributed by atoms with Gasteiger partial charge in [0, 0.05) is 41.6 Å². The van der Waals surface area contributed by atoms with Gasteiger partial charge >= 0.3 is 0 Å². The summed E-state index contributed by atoms with van der Waals surface area (Å²) >= 11 is 5.50. The van der Waals surface area contributed by atoms with Crippen LogP contribution in [0.1, 0.15) is 61.2 Å². The first-order valence-electron chi connectivity index (χ1n) is 12.4. The Bertz CT molecular complexity index is 1200. The number of benzene rings is 3. The van der Waals surface area contributed by atoms with E-state index >= 15 is 0 Å². The molecule has 0 radical (unpaired) electrons. The molecule has 0 spiro atoms. The van der Waals surface area contributed by atoms with E-state index in [1.165, 1.54) is 16.8 Å². The molecule has 35 heavy (non-hydrogen) atoms. The van der Waals surface area contributed by atoms with Crippen LogP contribution in [0.2, 0.25) is 0 Å². The van der Waals surface area contributed by atoms with Crippen molar-refractivity contribution in [1.82, 2.24) is 5.32 Å². The van der Waals surface area contributed by atoms with Gasteiger partial charge in [0.05, 0.1) is 0 Å². The molecule has 3 aromatic rings. The lowest BCUT2D eigenvalue weighted by Crippen LogP contribution is -2.34. The van der Waals surface area contributed by atoms with Crippen molar-refractivity contribution < 1.29 is 4.79 Å². The van der Waals surface area contributed by atoms with Gasteiger partial charge in [0.25, 0.3) is 0 Å². The smallest absolute Gasteiger partial charge is 0.193 e. The van der Waals surface area contributed by atoms with Crippen LogP contribution in [0.4, 0.5) is 11.4 Å². The number of nitrogens with one attached hydrogen (secondary N) is 2. The number of anilines is 2. The van der Waals surface area contributed by atoms with E-state index in [1.807, 2.05) is 48.5 Å². The Morgan fingerprint density at radius 3 is 2.49 bits per heavy atom. The highest BCUT2D eigenvalue weighted by molar-refractivity contribution is 7.80. The van der Waals surface area contributed by atoms with Crippen LogP contribution in [0.25, 0.3) is 0 Å². The second kappa shape index (κ2) is 10.6. The molecule has 0 aliphatic carbocycles. The molecule has 5 heteroatoms. The quantitative estimate of drug-likeness (QED) is 0.232. The third-order valence-corrected chi connectivity index (χ3v) is 6.85. The number of ketones is 1. The van der Waals surface area contributed by atoms with Gasteiger partial charge in [-0.25, -0.2) is 0 Å². The van der Waals surface area contributed by atoms with Crippen molar-refractivity contribution in [3.63, 3.8) is 0 Å². The summed E-state index contributed by atoms with van der Waals surface area (Å²) in [6.07, 6.45) is 2.10. The molecular formula is C30H35N3OS. The minimum atomic E-state index is 0.00741. The number of hydrogen-bond donors (Lipinski definition) is 2. The van der Waals surface area contributed by atoms with Gasteiger partial charge in [-0.3, -0.25) is 4.79 Å². The molecule has 1 aliphatic rings. The summed E-state index contributed by atoms with van der Waals surface area (Å²) in [6.45, 7) is 10.6. The van der Waals surface area contributed by atoms with Crippen LogP contribution >= 0.6 is 12.2 Å². The molecule has 2 N–H and O–H groups in total. The first kappa shape index (κ1) is 24.9. The van der Waals surface area contributed by atoms with Gasteiger partial charge in [-0.05, 0) is 66.7 Å². The lowest BCUT2D eigenvalue weighted by atomic mass is 9.86. The predicted molar refractivity (Wildman–Crippen MR) is 151 cm³/mol. The van der Waals surface area contributed by atoms with Crippen LogP contribution in [0.3, 0.4) is 0 Å². The van der Waals surface area contributed by atoms with Crippen LogP contribution in [0, 0.1) is 0 Å². The molecule has 4 nitrogen and oxygen atoms in total. The Kier molecular flexibility index (Phi) is 7.56. The third kappa shape index (κ3) is 6.09. The van der Waals surface area contributed by atoms with Crippen molar-refractivity contribution in [3.8, 4) is 0 Å². The maximum absolute atomic E-state index is 13.0. The number of hydrogen-bond acceptors (Lipinski definition) is 3. The van der Waals surface area contributed by atoms with Crippen molar-refractivity contribution in [3.05, 3.63) is 95.1 Å². The van der Waals surface area contributed by atoms with Crippen molar-refractivity contribution in [1.29, 1.82) is 0 Å². The third-order valence-electron chi connectivity index (χ3n) is 6.61. The Morgan fingerprint density at radius 1 is 1.00 bits per heavy atom. The Labute approximate surface area is 214 Å². The van der Waals surface area contributed by atoms with Crippen molar-refractivity contribution in [2.45, 2.75) is 52.0 Å². The molecule has 1 atom stereocenters. The standard InChI is InChI=1S/C30H35N3OS/c1-21-19-23-9-5-6-12-27(23)33(21)18-8-17-31-29(35)32-26-11-7-10-24(20-26)28(34)22-13-15-25(16-14-22)30(2,3)4/h5-7,9-16,20-21H,8,17-19H2,1-4H3,(H2,31,32,35)/t21-/m0/s1. The Morgan fingerprint density at radius 2 is 1.74 bits per heavy atom. The van der Waals surface area contributed by atoms with Gasteiger partial charge in [0.1, 0.15) is 0 Å². The molecule has 0 bridgehead atoms. The van der Waals surface area contributed by atoms with Crippen LogP contribution in [-0.4, -0.2) is 30.0 Å². The van der Waals surface area contributed by atoms with Gasteiger partial charge in [0.2, 0.25) is 0 Å². The first-order chi connectivity index (χ1) is 16.7. The number of thiocarbonyl (C=S) groups is 1. The van der Waals surface area contributed by atoms with E-state index in [1.54, 1.807) is 0 Å². The number of fused-ring (bicyclic) bond motifs is 1. The number of para-hydroxylation sites is 1. The summed E-state index contributed by atoms with van der Waals surface area (Å²) < 4.78 is 0. The number of carbonyl (C=O) groups is 1. The normalized spacial score (nSPS) is 15.0. The van der Waals surface area contributed by atoms with Crippen molar-refractivity contribution in [2.75, 3.05) is 23.3 Å². The monoisotopic (exact) mass is 485 g/mol. The topological polar surface area (TPSA) is 44.4 Å². The van der Waals surface area contributed by atoms with E-state index in [0.29, 0.717) is 22.3 Å². The number of rotatable bonds is 7. The van der Waals surface area contributed by atoms with E-state index in [9.17, 15) is 4.79 Å². The lowest BCUT2D eigenvalue weighted by Gasteiger charge is -2.25. The molecule has 182 valence electrons. The molecule has 0 unspecified atom stereocenters. The fourth-order valence-electron chi connectivity index (χ4n) is 4.62. The summed E-state index contributed by atoms with van der Waals surface area (Å²) in [5, 5.41) is 7.10. The van der Waals surface area contributed by atoms with E-state index in [-0.39, 0.29) is 11.2 Å². The fraction of sp³-hybridized carbons (Fsp3) is 0.333. The second-order valence-electron chi connectivity index (χ2n) is 10.3. The molecule has 4 rings (SSSR count). The molecule has 0 aromatic heterocycles. The Hall–Kier alpha value is -3.18. The van der Waals surface area contributed by atoms with Gasteiger partial charge in [0.15, 0.2) is 10.9 Å². The van der Waals surface area contributed by atoms with Gasteiger partial charge in [-0.1, -0.05) is 75.4 Å². The molecule has 1 heterocycles. The summed E-state index contributed by atoms with van der Waals surface area (Å²) in [5.41, 5.74) is 6.20. The van der Waals surface area contributed by atoms with Crippen LogP contribution in [0.5, 0.6) is 0 Å². The molecule has 0 fully saturated rings. The average molecular weight is 486 g/mol. The number of nitrogens with zero attached hydrogens (tertiary/aromatic N) is 1. The van der Waals surface area contributed by atoms with Crippen molar-refractivity contribution >= 4 is 34.5 Å². The largest absolute Gasteiger partial charge is 0.368 e. The van der Waals surface area contributed by atoms with Gasteiger partial charge in [-0.15, -0.1) is 0 Å². The Balaban J connectivity index is 1.28. The van der Waals surface area contributed by atoms with Crippen LogP contribution in [-0.2, 0) is 11.8 Å². The average Bonchev–Trinajstić information content (AvgIpc) is 3.16. The van der Waals surface area contributed by atoms with Crippen molar-refractivity contribution in [2.24, 2.45) is 0 Å². The van der Waals surface area contributed by atoms with E-state index in [0.717, 1.165) is 31.6 Å². The summed E-state index contributed by atoms with van der Waals surface area (Å²) in [5.74, 6) is 0.00741. The van der Waals surface area contributed by atoms with E-state index < -0.39 is 0 Å². The fourth-order valence-corrected chi connectivity index (χ4v) is 4.84. The first-order valence-corrected chi connectivity index (χ1v) is 12.8. The predicted octanol–water partition coefficient (Wildman–Crippen LogP) is 6.34. The molecule has 0 amide bonds. The molecule has 0 saturated carbocycles. The maximum atomic E-state index is 13.0. The van der Waals surface area contributed by atoms with Gasteiger partial charge < -0.3 is 15.5 Å². The minimum absolute atomic E-state index is 0.00741. The van der Waals surface area contributed by atoms with E-state index in [2.05, 4.69) is 67.5 Å². The summed E-state index contributed by atoms with van der Waals surface area (Å²) in [7, 11) is 0. The van der Waals surface area contributed by atoms with Crippen LogP contribution in [0.15, 0.2) is 72.8 Å². The highest BCUT2D eigenvalue weighted by atomic mass is 32.1. The highest BCUT2D eigenvalue weighted by Crippen LogP contribution is 2.31. The zero-order valence-electron chi connectivity index (χ0n) is 21.1. The molecule has 0 saturated heterocycles. The van der Waals surface area contributed by atoms with Gasteiger partial charge in [-0.2, -0.15) is 0 Å². The molecule has 1 aliphatic heterocycles.